The fraction of sp³-hybridized carbons (Fsp3) is 0.0952. The molecule has 0 saturated carbocycles. The van der Waals surface area contributed by atoms with Crippen molar-refractivity contribution < 1.29 is 9.21 Å². The number of amides is 1. The highest BCUT2D eigenvalue weighted by atomic mass is 16.3. The molecule has 0 atom stereocenters. The maximum absolute atomic E-state index is 12.9. The molecule has 3 aromatic rings. The molecular formula is C21H19NO2. The topological polar surface area (TPSA) is 42.2 Å². The summed E-state index contributed by atoms with van der Waals surface area (Å²) < 4.78 is 5.37. The number of rotatable bonds is 4. The molecule has 0 unspecified atom stereocenters. The number of hydrogen-bond acceptors (Lipinski definition) is 2. The first kappa shape index (κ1) is 15.8. The highest BCUT2D eigenvalue weighted by Gasteiger charge is 2.14. The second kappa shape index (κ2) is 7.01. The van der Waals surface area contributed by atoms with Crippen LogP contribution in [0.4, 0.5) is 5.69 Å². The summed E-state index contributed by atoms with van der Waals surface area (Å²) in [7, 11) is 0. The molecule has 3 rings (SSSR count). The Morgan fingerprint density at radius 3 is 2.46 bits per heavy atom. The number of nitrogens with one attached hydrogen (secondary N) is 1. The van der Waals surface area contributed by atoms with Crippen molar-refractivity contribution in [3.05, 3.63) is 89.4 Å². The number of benzene rings is 2. The van der Waals surface area contributed by atoms with Gasteiger partial charge in [0.05, 0.1) is 11.8 Å². The number of carbonyl (C=O) groups is 1. The van der Waals surface area contributed by atoms with Crippen LogP contribution in [0.25, 0.3) is 11.6 Å². The lowest BCUT2D eigenvalue weighted by atomic mass is 10.0. The quantitative estimate of drug-likeness (QED) is 0.682. The van der Waals surface area contributed by atoms with Crippen molar-refractivity contribution in [2.24, 2.45) is 0 Å². The predicted octanol–water partition coefficient (Wildman–Crippen LogP) is 5.08. The maximum atomic E-state index is 12.9. The summed E-state index contributed by atoms with van der Waals surface area (Å²) in [6, 6.07) is 19.1. The van der Waals surface area contributed by atoms with Crippen molar-refractivity contribution in [1.29, 1.82) is 0 Å². The smallest absolute Gasteiger partial charge is 0.256 e. The van der Waals surface area contributed by atoms with E-state index in [1.807, 2.05) is 68.4 Å². The summed E-state index contributed by atoms with van der Waals surface area (Å²) in [5, 5.41) is 3.01. The number of carbonyl (C=O) groups excluding carboxylic acids is 1. The highest BCUT2D eigenvalue weighted by Crippen LogP contribution is 2.23. The van der Waals surface area contributed by atoms with E-state index in [-0.39, 0.29) is 5.91 Å². The third-order valence-corrected chi connectivity index (χ3v) is 4.01. The zero-order valence-corrected chi connectivity index (χ0v) is 13.7. The summed E-state index contributed by atoms with van der Waals surface area (Å²) >= 11 is 0. The fourth-order valence-electron chi connectivity index (χ4n) is 2.49. The molecule has 3 nitrogen and oxygen atoms in total. The summed E-state index contributed by atoms with van der Waals surface area (Å²) in [6.07, 6.45) is 3.35. The fourth-order valence-corrected chi connectivity index (χ4v) is 2.49. The van der Waals surface area contributed by atoms with Gasteiger partial charge in [0.2, 0.25) is 0 Å². The van der Waals surface area contributed by atoms with Crippen LogP contribution < -0.4 is 5.32 Å². The standard InChI is InChI=1S/C21H19NO2/c1-15-8-6-12-20(16(15)2)22-21(23)19(14-18-11-7-13-24-18)17-9-4-3-5-10-17/h3-14H,1-2H3,(H,22,23)/b19-14+. The molecule has 3 heteroatoms. The van der Waals surface area contributed by atoms with Gasteiger partial charge in [0.1, 0.15) is 5.76 Å². The number of anilines is 1. The Balaban J connectivity index is 1.97. The van der Waals surface area contributed by atoms with Crippen LogP contribution >= 0.6 is 0 Å². The van der Waals surface area contributed by atoms with Crippen LogP contribution in [0.15, 0.2) is 71.3 Å². The van der Waals surface area contributed by atoms with Gasteiger partial charge in [0, 0.05) is 5.69 Å². The number of hydrogen-bond donors (Lipinski definition) is 1. The Kier molecular flexibility index (Phi) is 4.62. The molecule has 1 N–H and O–H groups in total. The molecule has 0 aliphatic rings. The molecule has 0 bridgehead atoms. The molecule has 24 heavy (non-hydrogen) atoms. The van der Waals surface area contributed by atoms with Crippen molar-refractivity contribution in [2.75, 3.05) is 5.32 Å². The van der Waals surface area contributed by atoms with Gasteiger partial charge in [-0.05, 0) is 54.8 Å². The van der Waals surface area contributed by atoms with Gasteiger partial charge in [0.15, 0.2) is 0 Å². The van der Waals surface area contributed by atoms with E-state index >= 15 is 0 Å². The average molecular weight is 317 g/mol. The molecule has 2 aromatic carbocycles. The van der Waals surface area contributed by atoms with Crippen LogP contribution in [-0.2, 0) is 4.79 Å². The first-order chi connectivity index (χ1) is 11.6. The SMILES string of the molecule is Cc1cccc(NC(=O)/C(=C/c2ccco2)c2ccccc2)c1C. The van der Waals surface area contributed by atoms with Crippen molar-refractivity contribution in [1.82, 2.24) is 0 Å². The Labute approximate surface area is 141 Å². The lowest BCUT2D eigenvalue weighted by molar-refractivity contribution is -0.111. The van der Waals surface area contributed by atoms with E-state index in [0.717, 1.165) is 22.4 Å². The molecular weight excluding hydrogens is 298 g/mol. The third-order valence-electron chi connectivity index (χ3n) is 4.01. The van der Waals surface area contributed by atoms with Crippen molar-refractivity contribution >= 4 is 23.2 Å². The van der Waals surface area contributed by atoms with E-state index in [2.05, 4.69) is 5.32 Å². The van der Waals surface area contributed by atoms with Gasteiger partial charge in [0.25, 0.3) is 5.91 Å². The van der Waals surface area contributed by atoms with Gasteiger partial charge in [-0.25, -0.2) is 0 Å². The molecule has 120 valence electrons. The second-order valence-corrected chi connectivity index (χ2v) is 5.64. The largest absolute Gasteiger partial charge is 0.465 e. The van der Waals surface area contributed by atoms with Crippen molar-refractivity contribution in [2.45, 2.75) is 13.8 Å². The molecule has 1 aromatic heterocycles. The average Bonchev–Trinajstić information content (AvgIpc) is 3.11. The Bertz CT molecular complexity index is 862. The summed E-state index contributed by atoms with van der Waals surface area (Å²) in [6.45, 7) is 4.03. The monoisotopic (exact) mass is 317 g/mol. The molecule has 0 aliphatic carbocycles. The first-order valence-corrected chi connectivity index (χ1v) is 7.83. The van der Waals surface area contributed by atoms with Gasteiger partial charge in [-0.1, -0.05) is 42.5 Å². The lowest BCUT2D eigenvalue weighted by Crippen LogP contribution is -2.14. The Morgan fingerprint density at radius 1 is 0.958 bits per heavy atom. The molecule has 0 fully saturated rings. The first-order valence-electron chi connectivity index (χ1n) is 7.83. The van der Waals surface area contributed by atoms with Crippen LogP contribution in [0.5, 0.6) is 0 Å². The number of furan rings is 1. The van der Waals surface area contributed by atoms with E-state index < -0.39 is 0 Å². The van der Waals surface area contributed by atoms with Crippen molar-refractivity contribution in [3.8, 4) is 0 Å². The maximum Gasteiger partial charge on any atom is 0.256 e. The minimum atomic E-state index is -0.161. The summed E-state index contributed by atoms with van der Waals surface area (Å²) in [5.74, 6) is 0.483. The third kappa shape index (κ3) is 3.46. The van der Waals surface area contributed by atoms with Gasteiger partial charge >= 0.3 is 0 Å². The van der Waals surface area contributed by atoms with Crippen LogP contribution in [-0.4, -0.2) is 5.91 Å². The summed E-state index contributed by atoms with van der Waals surface area (Å²) in [5.41, 5.74) is 4.43. The van der Waals surface area contributed by atoms with Crippen LogP contribution in [0.2, 0.25) is 0 Å². The molecule has 0 aliphatic heterocycles. The zero-order chi connectivity index (χ0) is 16.9. The minimum absolute atomic E-state index is 0.161. The lowest BCUT2D eigenvalue weighted by Gasteiger charge is -2.12. The van der Waals surface area contributed by atoms with E-state index in [1.165, 1.54) is 0 Å². The van der Waals surface area contributed by atoms with E-state index in [1.54, 1.807) is 18.4 Å². The van der Waals surface area contributed by atoms with E-state index in [9.17, 15) is 4.79 Å². The normalized spacial score (nSPS) is 11.3. The van der Waals surface area contributed by atoms with Crippen LogP contribution in [0.1, 0.15) is 22.5 Å². The van der Waals surface area contributed by atoms with Crippen LogP contribution in [0.3, 0.4) is 0 Å². The van der Waals surface area contributed by atoms with Gasteiger partial charge in [-0.2, -0.15) is 0 Å². The Hall–Kier alpha value is -3.07. The molecule has 0 saturated heterocycles. The van der Waals surface area contributed by atoms with Crippen molar-refractivity contribution in [3.63, 3.8) is 0 Å². The van der Waals surface area contributed by atoms with E-state index in [0.29, 0.717) is 11.3 Å². The van der Waals surface area contributed by atoms with Gasteiger partial charge in [-0.15, -0.1) is 0 Å². The van der Waals surface area contributed by atoms with Gasteiger partial charge in [-0.3, -0.25) is 4.79 Å². The second-order valence-electron chi connectivity index (χ2n) is 5.64. The van der Waals surface area contributed by atoms with E-state index in [4.69, 9.17) is 4.42 Å². The highest BCUT2D eigenvalue weighted by molar-refractivity contribution is 6.29. The summed E-state index contributed by atoms with van der Waals surface area (Å²) in [4.78, 5) is 12.9. The molecule has 1 heterocycles. The molecule has 1 amide bonds. The zero-order valence-electron chi connectivity index (χ0n) is 13.7. The van der Waals surface area contributed by atoms with Crippen LogP contribution in [0, 0.1) is 13.8 Å². The predicted molar refractivity (Wildman–Crippen MR) is 97.6 cm³/mol. The Morgan fingerprint density at radius 2 is 1.75 bits per heavy atom. The molecule has 0 radical (unpaired) electrons. The minimum Gasteiger partial charge on any atom is -0.465 e. The number of aryl methyl sites for hydroxylation is 1. The van der Waals surface area contributed by atoms with Gasteiger partial charge < -0.3 is 9.73 Å². The molecule has 0 spiro atoms.